The minimum absolute atomic E-state index is 0.0716. The summed E-state index contributed by atoms with van der Waals surface area (Å²) in [4.78, 5) is 24.3. The smallest absolute Gasteiger partial charge is 0.251 e. The number of piperidine rings is 1. The maximum Gasteiger partial charge on any atom is 0.251 e. The number of hydrogen-bond acceptors (Lipinski definition) is 5. The Morgan fingerprint density at radius 2 is 1.93 bits per heavy atom. The van der Waals surface area contributed by atoms with Crippen molar-refractivity contribution in [3.05, 3.63) is 23.8 Å². The van der Waals surface area contributed by atoms with Crippen LogP contribution in [0.3, 0.4) is 0 Å². The van der Waals surface area contributed by atoms with E-state index < -0.39 is 22.0 Å². The van der Waals surface area contributed by atoms with Crippen molar-refractivity contribution in [1.82, 2.24) is 15.4 Å². The van der Waals surface area contributed by atoms with Crippen LogP contribution in [0, 0.1) is 0 Å². The van der Waals surface area contributed by atoms with E-state index in [0.717, 1.165) is 32.1 Å². The van der Waals surface area contributed by atoms with Crippen LogP contribution in [-0.2, 0) is 14.8 Å². The van der Waals surface area contributed by atoms with Crippen LogP contribution in [0.25, 0.3) is 0 Å². The van der Waals surface area contributed by atoms with Gasteiger partial charge in [0.2, 0.25) is 15.9 Å². The predicted molar refractivity (Wildman–Crippen MR) is 99.1 cm³/mol. The number of rotatable bonds is 6. The molecule has 1 aromatic rings. The fourth-order valence-corrected chi connectivity index (χ4v) is 5.01. The van der Waals surface area contributed by atoms with E-state index in [0.29, 0.717) is 13.0 Å². The van der Waals surface area contributed by atoms with Gasteiger partial charge in [-0.3, -0.25) is 9.59 Å². The first-order chi connectivity index (χ1) is 12.9. The van der Waals surface area contributed by atoms with E-state index >= 15 is 0 Å². The molecule has 1 unspecified atom stereocenters. The summed E-state index contributed by atoms with van der Waals surface area (Å²) < 4.78 is 33.5. The summed E-state index contributed by atoms with van der Waals surface area (Å²) in [5, 5.41) is 5.37. The molecule has 0 aromatic heterocycles. The number of ether oxygens (including phenoxy) is 1. The zero-order chi connectivity index (χ0) is 19.4. The van der Waals surface area contributed by atoms with Crippen LogP contribution in [0.15, 0.2) is 23.1 Å². The third-order valence-corrected chi connectivity index (χ3v) is 6.52. The lowest BCUT2D eigenvalue weighted by molar-refractivity contribution is -0.124. The lowest BCUT2D eigenvalue weighted by atomic mass is 10.1. The Balaban J connectivity index is 1.82. The van der Waals surface area contributed by atoms with E-state index in [4.69, 9.17) is 4.74 Å². The van der Waals surface area contributed by atoms with Crippen molar-refractivity contribution in [2.24, 2.45) is 0 Å². The Hall–Kier alpha value is -2.13. The monoisotopic (exact) mass is 395 g/mol. The molecule has 3 rings (SSSR count). The first kappa shape index (κ1) is 19.6. The molecular weight excluding hydrogens is 370 g/mol. The average Bonchev–Trinajstić information content (AvgIpc) is 3.15. The number of nitrogens with one attached hydrogen (secondary N) is 3. The summed E-state index contributed by atoms with van der Waals surface area (Å²) >= 11 is 0. The summed E-state index contributed by atoms with van der Waals surface area (Å²) in [6.07, 6.45) is 4.94. The van der Waals surface area contributed by atoms with E-state index in [1.165, 1.54) is 25.3 Å². The SMILES string of the molecule is COc1ccc(C(=O)NC2CCCNC2=O)cc1S(=O)(=O)NC1CCCC1. The summed E-state index contributed by atoms with van der Waals surface area (Å²) in [7, 11) is -2.44. The minimum atomic E-state index is -3.82. The molecule has 1 aliphatic heterocycles. The van der Waals surface area contributed by atoms with Crippen molar-refractivity contribution in [2.75, 3.05) is 13.7 Å². The van der Waals surface area contributed by atoms with Gasteiger partial charge in [-0.25, -0.2) is 13.1 Å². The van der Waals surface area contributed by atoms with Gasteiger partial charge in [-0.05, 0) is 43.9 Å². The highest BCUT2D eigenvalue weighted by Crippen LogP contribution is 2.27. The van der Waals surface area contributed by atoms with Gasteiger partial charge in [0.25, 0.3) is 5.91 Å². The molecule has 1 heterocycles. The molecule has 3 N–H and O–H groups in total. The van der Waals surface area contributed by atoms with Gasteiger partial charge < -0.3 is 15.4 Å². The topological polar surface area (TPSA) is 114 Å². The van der Waals surface area contributed by atoms with Crippen molar-refractivity contribution in [3.8, 4) is 5.75 Å². The van der Waals surface area contributed by atoms with Gasteiger partial charge in [-0.1, -0.05) is 12.8 Å². The van der Waals surface area contributed by atoms with Crippen LogP contribution in [0.5, 0.6) is 5.75 Å². The molecule has 9 heteroatoms. The summed E-state index contributed by atoms with van der Waals surface area (Å²) in [5.41, 5.74) is 0.168. The van der Waals surface area contributed by atoms with Crippen LogP contribution < -0.4 is 20.1 Å². The molecule has 1 saturated carbocycles. The summed E-state index contributed by atoms with van der Waals surface area (Å²) in [5.74, 6) is -0.539. The predicted octanol–water partition coefficient (Wildman–Crippen LogP) is 0.925. The average molecular weight is 395 g/mol. The molecule has 27 heavy (non-hydrogen) atoms. The van der Waals surface area contributed by atoms with Gasteiger partial charge in [-0.2, -0.15) is 0 Å². The number of sulfonamides is 1. The maximum atomic E-state index is 12.8. The van der Waals surface area contributed by atoms with Gasteiger partial charge in [0.1, 0.15) is 16.7 Å². The molecule has 2 aliphatic rings. The first-order valence-corrected chi connectivity index (χ1v) is 10.7. The fraction of sp³-hybridized carbons (Fsp3) is 0.556. The Kier molecular flexibility index (Phi) is 6.01. The molecule has 1 aromatic carbocycles. The largest absolute Gasteiger partial charge is 0.495 e. The van der Waals surface area contributed by atoms with Crippen LogP contribution >= 0.6 is 0 Å². The van der Waals surface area contributed by atoms with E-state index in [-0.39, 0.29) is 28.2 Å². The quantitative estimate of drug-likeness (QED) is 0.663. The standard InChI is InChI=1S/C18H25N3O5S/c1-26-15-9-8-12(17(22)20-14-7-4-10-19-18(14)23)11-16(15)27(24,25)21-13-5-2-3-6-13/h8-9,11,13-14,21H,2-7,10H2,1H3,(H,19,23)(H,20,22). The van der Waals surface area contributed by atoms with Gasteiger partial charge in [0.15, 0.2) is 0 Å². The highest BCUT2D eigenvalue weighted by atomic mass is 32.2. The molecular formula is C18H25N3O5S. The molecule has 1 aliphatic carbocycles. The van der Waals surface area contributed by atoms with Crippen LogP contribution in [0.4, 0.5) is 0 Å². The molecule has 0 radical (unpaired) electrons. The van der Waals surface area contributed by atoms with Crippen molar-refractivity contribution in [1.29, 1.82) is 0 Å². The molecule has 1 saturated heterocycles. The Morgan fingerprint density at radius 1 is 1.19 bits per heavy atom. The van der Waals surface area contributed by atoms with Crippen LogP contribution in [-0.4, -0.2) is 46.0 Å². The second kappa shape index (κ2) is 8.26. The zero-order valence-electron chi connectivity index (χ0n) is 15.3. The fourth-order valence-electron chi connectivity index (χ4n) is 3.51. The third-order valence-electron chi connectivity index (χ3n) is 4.98. The van der Waals surface area contributed by atoms with Gasteiger partial charge in [0.05, 0.1) is 7.11 Å². The van der Waals surface area contributed by atoms with Crippen molar-refractivity contribution >= 4 is 21.8 Å². The van der Waals surface area contributed by atoms with Crippen LogP contribution in [0.2, 0.25) is 0 Å². The van der Waals surface area contributed by atoms with Crippen molar-refractivity contribution in [2.45, 2.75) is 55.5 Å². The second-order valence-electron chi connectivity index (χ2n) is 6.93. The third kappa shape index (κ3) is 4.59. The minimum Gasteiger partial charge on any atom is -0.495 e. The number of hydrogen-bond donors (Lipinski definition) is 3. The van der Waals surface area contributed by atoms with Crippen molar-refractivity contribution in [3.63, 3.8) is 0 Å². The van der Waals surface area contributed by atoms with Gasteiger partial charge in [0, 0.05) is 18.2 Å². The molecule has 148 valence electrons. The molecule has 0 bridgehead atoms. The maximum absolute atomic E-state index is 12.8. The normalized spacial score (nSPS) is 20.9. The number of carbonyl (C=O) groups excluding carboxylic acids is 2. The molecule has 8 nitrogen and oxygen atoms in total. The number of amides is 2. The number of benzene rings is 1. The van der Waals surface area contributed by atoms with E-state index in [2.05, 4.69) is 15.4 Å². The van der Waals surface area contributed by atoms with E-state index in [1.54, 1.807) is 0 Å². The van der Waals surface area contributed by atoms with Crippen molar-refractivity contribution < 1.29 is 22.7 Å². The van der Waals surface area contributed by atoms with Crippen LogP contribution in [0.1, 0.15) is 48.9 Å². The first-order valence-electron chi connectivity index (χ1n) is 9.19. The van der Waals surface area contributed by atoms with Gasteiger partial charge >= 0.3 is 0 Å². The summed E-state index contributed by atoms with van der Waals surface area (Å²) in [6, 6.07) is 3.54. The number of carbonyl (C=O) groups is 2. The molecule has 0 spiro atoms. The van der Waals surface area contributed by atoms with Gasteiger partial charge in [-0.15, -0.1) is 0 Å². The summed E-state index contributed by atoms with van der Waals surface area (Å²) in [6.45, 7) is 0.600. The highest BCUT2D eigenvalue weighted by molar-refractivity contribution is 7.89. The highest BCUT2D eigenvalue weighted by Gasteiger charge is 2.28. The number of methoxy groups -OCH3 is 1. The molecule has 2 fully saturated rings. The second-order valence-corrected chi connectivity index (χ2v) is 8.61. The lowest BCUT2D eigenvalue weighted by Gasteiger charge is -2.23. The Morgan fingerprint density at radius 3 is 2.59 bits per heavy atom. The molecule has 1 atom stereocenters. The zero-order valence-corrected chi connectivity index (χ0v) is 16.1. The molecule has 2 amide bonds. The lowest BCUT2D eigenvalue weighted by Crippen LogP contribution is -2.50. The van der Waals surface area contributed by atoms with E-state index in [1.807, 2.05) is 0 Å². The Labute approximate surface area is 159 Å². The van der Waals surface area contributed by atoms with E-state index in [9.17, 15) is 18.0 Å². The Bertz CT molecular complexity index is 818.